The average Bonchev–Trinajstić information content (AvgIpc) is 2.14. The fourth-order valence-electron chi connectivity index (χ4n) is 2.06. The van der Waals surface area contributed by atoms with Crippen LogP contribution in [0.15, 0.2) is 18.2 Å². The lowest BCUT2D eigenvalue weighted by molar-refractivity contribution is -0.138. The highest BCUT2D eigenvalue weighted by atomic mass is 16.4. The summed E-state index contributed by atoms with van der Waals surface area (Å²) >= 11 is 0. The molecule has 1 aromatic rings. The quantitative estimate of drug-likeness (QED) is 0.872. The van der Waals surface area contributed by atoms with Gasteiger partial charge in [-0.1, -0.05) is 26.0 Å². The van der Waals surface area contributed by atoms with Crippen molar-refractivity contribution in [2.45, 2.75) is 32.6 Å². The SMILES string of the molecule is Cc1ccc(C(C)(C)CC(=O)O)c(N(C)C)c1. The summed E-state index contributed by atoms with van der Waals surface area (Å²) in [5.74, 6) is -0.764. The first-order valence-electron chi connectivity index (χ1n) is 5.74. The largest absolute Gasteiger partial charge is 0.481 e. The molecule has 0 aromatic heterocycles. The minimum atomic E-state index is -0.764. The standard InChI is InChI=1S/C14H21NO2/c1-10-6-7-11(12(8-10)15(4)5)14(2,3)9-13(16)17/h6-8H,9H2,1-5H3,(H,16,17). The lowest BCUT2D eigenvalue weighted by Gasteiger charge is -2.29. The van der Waals surface area contributed by atoms with Gasteiger partial charge in [-0.2, -0.15) is 0 Å². The Morgan fingerprint density at radius 3 is 2.41 bits per heavy atom. The molecule has 0 fully saturated rings. The second kappa shape index (κ2) is 4.78. The van der Waals surface area contributed by atoms with Crippen molar-refractivity contribution >= 4 is 11.7 Å². The number of aliphatic carboxylic acids is 1. The van der Waals surface area contributed by atoms with Gasteiger partial charge >= 0.3 is 5.97 Å². The summed E-state index contributed by atoms with van der Waals surface area (Å²) < 4.78 is 0. The van der Waals surface area contributed by atoms with Gasteiger partial charge in [0, 0.05) is 25.2 Å². The summed E-state index contributed by atoms with van der Waals surface area (Å²) in [6, 6.07) is 6.17. The van der Waals surface area contributed by atoms with E-state index in [0.29, 0.717) is 0 Å². The molecule has 1 rings (SSSR count). The number of anilines is 1. The Morgan fingerprint density at radius 1 is 1.35 bits per heavy atom. The summed E-state index contributed by atoms with van der Waals surface area (Å²) in [6.07, 6.45) is 0.136. The predicted octanol–water partition coefficient (Wildman–Crippen LogP) is 2.81. The van der Waals surface area contributed by atoms with E-state index in [1.165, 1.54) is 5.56 Å². The van der Waals surface area contributed by atoms with Crippen molar-refractivity contribution in [3.05, 3.63) is 29.3 Å². The third-order valence-electron chi connectivity index (χ3n) is 2.96. The van der Waals surface area contributed by atoms with Gasteiger partial charge in [-0.05, 0) is 24.1 Å². The monoisotopic (exact) mass is 235 g/mol. The van der Waals surface area contributed by atoms with Gasteiger partial charge in [0.05, 0.1) is 6.42 Å². The maximum absolute atomic E-state index is 10.9. The van der Waals surface area contributed by atoms with E-state index in [0.717, 1.165) is 11.3 Å². The van der Waals surface area contributed by atoms with E-state index < -0.39 is 5.97 Å². The van der Waals surface area contributed by atoms with Gasteiger partial charge in [0.25, 0.3) is 0 Å². The number of benzene rings is 1. The summed E-state index contributed by atoms with van der Waals surface area (Å²) in [4.78, 5) is 13.0. The molecule has 17 heavy (non-hydrogen) atoms. The van der Waals surface area contributed by atoms with Crippen molar-refractivity contribution in [1.29, 1.82) is 0 Å². The van der Waals surface area contributed by atoms with Gasteiger partial charge in [0.15, 0.2) is 0 Å². The number of hydrogen-bond acceptors (Lipinski definition) is 2. The smallest absolute Gasteiger partial charge is 0.304 e. The second-order valence-corrected chi connectivity index (χ2v) is 5.37. The molecule has 0 bridgehead atoms. The fourth-order valence-corrected chi connectivity index (χ4v) is 2.06. The van der Waals surface area contributed by atoms with Crippen LogP contribution in [0.5, 0.6) is 0 Å². The molecule has 0 aliphatic rings. The molecule has 0 aliphatic carbocycles. The van der Waals surface area contributed by atoms with Crippen LogP contribution in [0.4, 0.5) is 5.69 Å². The highest BCUT2D eigenvalue weighted by molar-refractivity contribution is 5.70. The number of hydrogen-bond donors (Lipinski definition) is 1. The van der Waals surface area contributed by atoms with Gasteiger partial charge in [-0.3, -0.25) is 4.79 Å². The van der Waals surface area contributed by atoms with Crippen LogP contribution in [0.1, 0.15) is 31.4 Å². The molecule has 1 N–H and O–H groups in total. The Balaban J connectivity index is 3.25. The Kier molecular flexibility index (Phi) is 3.81. The van der Waals surface area contributed by atoms with Crippen molar-refractivity contribution in [2.24, 2.45) is 0 Å². The normalized spacial score (nSPS) is 11.4. The molecule has 0 spiro atoms. The highest BCUT2D eigenvalue weighted by Gasteiger charge is 2.27. The lowest BCUT2D eigenvalue weighted by atomic mass is 9.80. The number of nitrogens with zero attached hydrogens (tertiary/aromatic N) is 1. The van der Waals surface area contributed by atoms with Gasteiger partial charge in [-0.15, -0.1) is 0 Å². The van der Waals surface area contributed by atoms with Crippen LogP contribution in [-0.2, 0) is 10.2 Å². The van der Waals surface area contributed by atoms with E-state index in [1.54, 1.807) is 0 Å². The molecule has 1 aromatic carbocycles. The first kappa shape index (κ1) is 13.6. The molecule has 0 amide bonds. The van der Waals surface area contributed by atoms with E-state index in [2.05, 4.69) is 6.07 Å². The molecular formula is C14H21NO2. The van der Waals surface area contributed by atoms with Crippen LogP contribution in [0.3, 0.4) is 0 Å². The Morgan fingerprint density at radius 2 is 1.94 bits per heavy atom. The molecule has 0 heterocycles. The van der Waals surface area contributed by atoms with Gasteiger partial charge in [0.1, 0.15) is 0 Å². The topological polar surface area (TPSA) is 40.5 Å². The van der Waals surface area contributed by atoms with Crippen LogP contribution in [0, 0.1) is 6.92 Å². The van der Waals surface area contributed by atoms with E-state index in [9.17, 15) is 4.79 Å². The Labute approximate surface area is 103 Å². The van der Waals surface area contributed by atoms with E-state index in [1.807, 2.05) is 51.9 Å². The molecule has 0 saturated heterocycles. The number of carboxylic acids is 1. The summed E-state index contributed by atoms with van der Waals surface area (Å²) in [5, 5.41) is 8.98. The third kappa shape index (κ3) is 3.22. The van der Waals surface area contributed by atoms with Gasteiger partial charge in [-0.25, -0.2) is 0 Å². The van der Waals surface area contributed by atoms with Crippen molar-refractivity contribution in [3.63, 3.8) is 0 Å². The first-order valence-corrected chi connectivity index (χ1v) is 5.74. The highest BCUT2D eigenvalue weighted by Crippen LogP contribution is 2.34. The second-order valence-electron chi connectivity index (χ2n) is 5.37. The van der Waals surface area contributed by atoms with Crippen molar-refractivity contribution < 1.29 is 9.90 Å². The number of rotatable bonds is 4. The molecule has 0 unspecified atom stereocenters. The number of carboxylic acid groups (broad SMARTS) is 1. The predicted molar refractivity (Wildman–Crippen MR) is 70.8 cm³/mol. The molecule has 0 radical (unpaired) electrons. The van der Waals surface area contributed by atoms with E-state index in [4.69, 9.17) is 5.11 Å². The van der Waals surface area contributed by atoms with Crippen LogP contribution < -0.4 is 4.90 Å². The summed E-state index contributed by atoms with van der Waals surface area (Å²) in [7, 11) is 3.96. The third-order valence-corrected chi connectivity index (χ3v) is 2.96. The minimum Gasteiger partial charge on any atom is -0.481 e. The molecular weight excluding hydrogens is 214 g/mol. The molecule has 94 valence electrons. The fraction of sp³-hybridized carbons (Fsp3) is 0.500. The van der Waals surface area contributed by atoms with Crippen molar-refractivity contribution in [2.75, 3.05) is 19.0 Å². The Hall–Kier alpha value is -1.51. The van der Waals surface area contributed by atoms with Crippen LogP contribution in [0.25, 0.3) is 0 Å². The molecule has 3 nitrogen and oxygen atoms in total. The molecule has 0 saturated carbocycles. The lowest BCUT2D eigenvalue weighted by Crippen LogP contribution is -2.25. The van der Waals surface area contributed by atoms with Crippen LogP contribution in [-0.4, -0.2) is 25.2 Å². The Bertz CT molecular complexity index is 422. The molecule has 0 aliphatic heterocycles. The zero-order chi connectivity index (χ0) is 13.2. The first-order chi connectivity index (χ1) is 7.74. The van der Waals surface area contributed by atoms with Crippen LogP contribution >= 0.6 is 0 Å². The van der Waals surface area contributed by atoms with Gasteiger partial charge in [0.2, 0.25) is 0 Å². The number of aryl methyl sites for hydroxylation is 1. The van der Waals surface area contributed by atoms with Crippen LogP contribution in [0.2, 0.25) is 0 Å². The molecule has 0 atom stereocenters. The minimum absolute atomic E-state index is 0.136. The van der Waals surface area contributed by atoms with E-state index >= 15 is 0 Å². The maximum atomic E-state index is 10.9. The van der Waals surface area contributed by atoms with Crippen molar-refractivity contribution in [1.82, 2.24) is 0 Å². The summed E-state index contributed by atoms with van der Waals surface area (Å²) in [5.41, 5.74) is 2.99. The van der Waals surface area contributed by atoms with E-state index in [-0.39, 0.29) is 11.8 Å². The maximum Gasteiger partial charge on any atom is 0.304 e. The molecule has 3 heteroatoms. The zero-order valence-electron chi connectivity index (χ0n) is 11.2. The van der Waals surface area contributed by atoms with Gasteiger partial charge < -0.3 is 10.0 Å². The average molecular weight is 235 g/mol. The van der Waals surface area contributed by atoms with Crippen molar-refractivity contribution in [3.8, 4) is 0 Å². The summed E-state index contributed by atoms with van der Waals surface area (Å²) in [6.45, 7) is 5.98. The number of carbonyl (C=O) groups is 1. The zero-order valence-corrected chi connectivity index (χ0v) is 11.2.